The van der Waals surface area contributed by atoms with Gasteiger partial charge in [0.05, 0.1) is 24.5 Å². The smallest absolute Gasteiger partial charge is 0.410 e. The first kappa shape index (κ1) is 17.8. The second kappa shape index (κ2) is 7.34. The van der Waals surface area contributed by atoms with Gasteiger partial charge in [-0.3, -0.25) is 4.68 Å². The lowest BCUT2D eigenvalue weighted by Crippen LogP contribution is -2.33. The Morgan fingerprint density at radius 2 is 2.09 bits per heavy atom. The molecule has 0 spiro atoms. The maximum Gasteiger partial charge on any atom is 0.410 e. The monoisotopic (exact) mass is 323 g/mol. The van der Waals surface area contributed by atoms with Crippen molar-refractivity contribution in [2.75, 3.05) is 7.05 Å². The number of rotatable bonds is 5. The molecule has 6 nitrogen and oxygen atoms in total. The maximum absolute atomic E-state index is 12.0. The van der Waals surface area contributed by atoms with E-state index >= 15 is 0 Å². The van der Waals surface area contributed by atoms with Gasteiger partial charge < -0.3 is 14.7 Å². The highest BCUT2D eigenvalue weighted by molar-refractivity contribution is 5.67. The van der Waals surface area contributed by atoms with Crippen molar-refractivity contribution < 1.29 is 14.6 Å². The van der Waals surface area contributed by atoms with Gasteiger partial charge in [-0.25, -0.2) is 4.79 Å². The molecule has 1 aromatic rings. The van der Waals surface area contributed by atoms with Crippen molar-refractivity contribution in [2.24, 2.45) is 5.92 Å². The first-order valence-electron chi connectivity index (χ1n) is 8.39. The summed E-state index contributed by atoms with van der Waals surface area (Å²) in [5, 5.41) is 14.1. The zero-order valence-corrected chi connectivity index (χ0v) is 14.7. The summed E-state index contributed by atoms with van der Waals surface area (Å²) in [6.07, 6.45) is 4.67. The summed E-state index contributed by atoms with van der Waals surface area (Å²) in [7, 11) is 1.70. The minimum Gasteiger partial charge on any atom is -0.444 e. The fraction of sp³-hybridized carbons (Fsp3) is 0.765. The molecule has 1 fully saturated rings. The van der Waals surface area contributed by atoms with Gasteiger partial charge in [-0.15, -0.1) is 0 Å². The van der Waals surface area contributed by atoms with Crippen LogP contribution < -0.4 is 0 Å². The second-order valence-electron chi connectivity index (χ2n) is 7.45. The van der Waals surface area contributed by atoms with E-state index in [2.05, 4.69) is 5.10 Å². The molecule has 1 N–H and O–H groups in total. The van der Waals surface area contributed by atoms with Gasteiger partial charge >= 0.3 is 6.09 Å². The third-order valence-corrected chi connectivity index (χ3v) is 4.09. The molecular weight excluding hydrogens is 294 g/mol. The van der Waals surface area contributed by atoms with E-state index in [9.17, 15) is 9.90 Å². The SMILES string of the molecule is CN(Cc1cc(CO)n(CC2CCCC2)n1)C(=O)OC(C)(C)C. The number of ether oxygens (including phenoxy) is 1. The van der Waals surface area contributed by atoms with Crippen molar-refractivity contribution in [2.45, 2.75) is 71.8 Å². The van der Waals surface area contributed by atoms with Crippen LogP contribution in [0.4, 0.5) is 4.79 Å². The van der Waals surface area contributed by atoms with E-state index in [0.717, 1.165) is 17.9 Å². The predicted molar refractivity (Wildman–Crippen MR) is 87.8 cm³/mol. The number of aliphatic hydroxyl groups excluding tert-OH is 1. The molecule has 0 aliphatic heterocycles. The highest BCUT2D eigenvalue weighted by Crippen LogP contribution is 2.26. The molecule has 130 valence electrons. The van der Waals surface area contributed by atoms with Crippen LogP contribution in [0.1, 0.15) is 57.8 Å². The number of aliphatic hydroxyl groups is 1. The van der Waals surface area contributed by atoms with Crippen LogP contribution in [0.15, 0.2) is 6.07 Å². The van der Waals surface area contributed by atoms with E-state index in [1.807, 2.05) is 31.5 Å². The van der Waals surface area contributed by atoms with E-state index in [1.54, 1.807) is 7.05 Å². The number of nitrogens with zero attached hydrogens (tertiary/aromatic N) is 3. The number of carbonyl (C=O) groups is 1. The molecule has 0 radical (unpaired) electrons. The summed E-state index contributed by atoms with van der Waals surface area (Å²) in [6, 6.07) is 1.87. The van der Waals surface area contributed by atoms with Crippen molar-refractivity contribution >= 4 is 6.09 Å². The fourth-order valence-corrected chi connectivity index (χ4v) is 2.96. The van der Waals surface area contributed by atoms with E-state index in [4.69, 9.17) is 4.74 Å². The molecule has 0 aromatic carbocycles. The highest BCUT2D eigenvalue weighted by atomic mass is 16.6. The first-order valence-corrected chi connectivity index (χ1v) is 8.39. The van der Waals surface area contributed by atoms with Gasteiger partial charge in [0.2, 0.25) is 0 Å². The molecule has 0 unspecified atom stereocenters. The zero-order valence-electron chi connectivity index (χ0n) is 14.7. The van der Waals surface area contributed by atoms with Crippen LogP contribution in [0.2, 0.25) is 0 Å². The molecule has 23 heavy (non-hydrogen) atoms. The Hall–Kier alpha value is -1.56. The molecule has 1 aliphatic carbocycles. The summed E-state index contributed by atoms with van der Waals surface area (Å²) in [5.41, 5.74) is 1.08. The van der Waals surface area contributed by atoms with Crippen LogP contribution in [0, 0.1) is 5.92 Å². The summed E-state index contributed by atoms with van der Waals surface area (Å²) in [4.78, 5) is 13.5. The van der Waals surface area contributed by atoms with Gasteiger partial charge in [0.15, 0.2) is 0 Å². The average molecular weight is 323 g/mol. The molecule has 0 bridgehead atoms. The lowest BCUT2D eigenvalue weighted by molar-refractivity contribution is 0.0282. The molecule has 6 heteroatoms. The quantitative estimate of drug-likeness (QED) is 0.904. The van der Waals surface area contributed by atoms with Crippen molar-refractivity contribution in [3.63, 3.8) is 0 Å². The van der Waals surface area contributed by atoms with Crippen molar-refractivity contribution in [3.8, 4) is 0 Å². The molecular formula is C17H29N3O3. The largest absolute Gasteiger partial charge is 0.444 e. The first-order chi connectivity index (χ1) is 10.8. The normalized spacial score (nSPS) is 15.9. The maximum atomic E-state index is 12.0. The van der Waals surface area contributed by atoms with Crippen molar-refractivity contribution in [3.05, 3.63) is 17.5 Å². The molecule has 1 amide bonds. The minimum absolute atomic E-state index is 0.0319. The molecule has 0 atom stereocenters. The Balaban J connectivity index is 1.99. The van der Waals surface area contributed by atoms with Crippen LogP contribution in [0.25, 0.3) is 0 Å². The number of carbonyl (C=O) groups excluding carboxylic acids is 1. The Morgan fingerprint density at radius 1 is 1.43 bits per heavy atom. The Bertz CT molecular complexity index is 528. The van der Waals surface area contributed by atoms with E-state index in [-0.39, 0.29) is 12.7 Å². The third kappa shape index (κ3) is 5.23. The van der Waals surface area contributed by atoms with Crippen LogP contribution in [-0.2, 0) is 24.4 Å². The highest BCUT2D eigenvalue weighted by Gasteiger charge is 2.22. The molecule has 1 aliphatic rings. The van der Waals surface area contributed by atoms with Gasteiger partial charge in [-0.05, 0) is 45.6 Å². The van der Waals surface area contributed by atoms with Gasteiger partial charge in [-0.2, -0.15) is 5.10 Å². The molecule has 1 saturated carbocycles. The topological polar surface area (TPSA) is 67.6 Å². The Kier molecular flexibility index (Phi) is 5.68. The van der Waals surface area contributed by atoms with Crippen molar-refractivity contribution in [1.82, 2.24) is 14.7 Å². The predicted octanol–water partition coefficient (Wildman–Crippen LogP) is 2.93. The summed E-state index contributed by atoms with van der Waals surface area (Å²) >= 11 is 0. The minimum atomic E-state index is -0.510. The molecule has 1 heterocycles. The van der Waals surface area contributed by atoms with Gasteiger partial charge in [0, 0.05) is 13.6 Å². The second-order valence-corrected chi connectivity index (χ2v) is 7.45. The summed E-state index contributed by atoms with van der Waals surface area (Å²) < 4.78 is 7.24. The van der Waals surface area contributed by atoms with Crippen LogP contribution in [-0.4, -0.2) is 38.5 Å². The van der Waals surface area contributed by atoms with Crippen LogP contribution in [0.5, 0.6) is 0 Å². The number of amides is 1. The molecule has 1 aromatic heterocycles. The van der Waals surface area contributed by atoms with Crippen molar-refractivity contribution in [1.29, 1.82) is 0 Å². The van der Waals surface area contributed by atoms with Crippen LogP contribution in [0.3, 0.4) is 0 Å². The number of hydrogen-bond donors (Lipinski definition) is 1. The summed E-state index contributed by atoms with van der Waals surface area (Å²) in [5.74, 6) is 0.650. The van der Waals surface area contributed by atoms with E-state index < -0.39 is 5.60 Å². The van der Waals surface area contributed by atoms with Gasteiger partial charge in [0.1, 0.15) is 5.60 Å². The van der Waals surface area contributed by atoms with Crippen LogP contribution >= 0.6 is 0 Å². The molecule has 2 rings (SSSR count). The van der Waals surface area contributed by atoms with Gasteiger partial charge in [0.25, 0.3) is 0 Å². The Labute approximate surface area is 138 Å². The summed E-state index contributed by atoms with van der Waals surface area (Å²) in [6.45, 7) is 6.73. The van der Waals surface area contributed by atoms with Gasteiger partial charge in [-0.1, -0.05) is 12.8 Å². The lowest BCUT2D eigenvalue weighted by atomic mass is 10.1. The zero-order chi connectivity index (χ0) is 17.0. The fourth-order valence-electron chi connectivity index (χ4n) is 2.96. The third-order valence-electron chi connectivity index (χ3n) is 4.09. The molecule has 0 saturated heterocycles. The number of aromatic nitrogens is 2. The van der Waals surface area contributed by atoms with E-state index in [1.165, 1.54) is 30.6 Å². The lowest BCUT2D eigenvalue weighted by Gasteiger charge is -2.24. The number of hydrogen-bond acceptors (Lipinski definition) is 4. The standard InChI is InChI=1S/C17H29N3O3/c1-17(2,3)23-16(22)19(4)11-14-9-15(12-21)20(18-14)10-13-7-5-6-8-13/h9,13,21H,5-8,10-12H2,1-4H3. The Morgan fingerprint density at radius 3 is 2.65 bits per heavy atom. The van der Waals surface area contributed by atoms with E-state index in [0.29, 0.717) is 12.5 Å². The average Bonchev–Trinajstić information content (AvgIpc) is 3.07.